The van der Waals surface area contributed by atoms with Crippen LogP contribution in [0.25, 0.3) is 11.1 Å². The SMILES string of the molecule is O=C(NCCc1ccccc1)[C@H](O)[C@@H](O)C(=O)NCc1ccc(-c2ccccc2)cc1. The van der Waals surface area contributed by atoms with E-state index in [9.17, 15) is 19.8 Å². The van der Waals surface area contributed by atoms with Crippen molar-refractivity contribution in [3.05, 3.63) is 96.1 Å². The van der Waals surface area contributed by atoms with Crippen molar-refractivity contribution >= 4 is 11.8 Å². The molecule has 0 fully saturated rings. The summed E-state index contributed by atoms with van der Waals surface area (Å²) >= 11 is 0. The Morgan fingerprint density at radius 2 is 1.16 bits per heavy atom. The number of aliphatic hydroxyl groups is 2. The van der Waals surface area contributed by atoms with E-state index < -0.39 is 24.0 Å². The maximum atomic E-state index is 12.1. The quantitative estimate of drug-likeness (QED) is 0.427. The monoisotopic (exact) mass is 418 g/mol. The van der Waals surface area contributed by atoms with Crippen LogP contribution in [0.15, 0.2) is 84.9 Å². The Morgan fingerprint density at radius 3 is 1.77 bits per heavy atom. The topological polar surface area (TPSA) is 98.7 Å². The summed E-state index contributed by atoms with van der Waals surface area (Å²) in [4.78, 5) is 24.2. The van der Waals surface area contributed by atoms with Gasteiger partial charge < -0.3 is 20.8 Å². The predicted octanol–water partition coefficient (Wildman–Crippen LogP) is 2.05. The molecule has 3 rings (SSSR count). The van der Waals surface area contributed by atoms with E-state index in [2.05, 4.69) is 10.6 Å². The number of rotatable bonds is 9. The molecule has 0 saturated heterocycles. The fourth-order valence-electron chi connectivity index (χ4n) is 3.11. The summed E-state index contributed by atoms with van der Waals surface area (Å²) in [5.74, 6) is -1.59. The minimum atomic E-state index is -1.85. The van der Waals surface area contributed by atoms with Crippen LogP contribution >= 0.6 is 0 Å². The van der Waals surface area contributed by atoms with Crippen molar-refractivity contribution in [1.82, 2.24) is 10.6 Å². The van der Waals surface area contributed by atoms with E-state index >= 15 is 0 Å². The minimum absolute atomic E-state index is 0.174. The molecule has 2 amide bonds. The van der Waals surface area contributed by atoms with Gasteiger partial charge in [-0.1, -0.05) is 84.9 Å². The van der Waals surface area contributed by atoms with Gasteiger partial charge in [-0.05, 0) is 28.7 Å². The van der Waals surface area contributed by atoms with E-state index in [-0.39, 0.29) is 6.54 Å². The highest BCUT2D eigenvalue weighted by molar-refractivity contribution is 5.90. The summed E-state index contributed by atoms with van der Waals surface area (Å²) in [5.41, 5.74) is 4.02. The molecule has 0 spiro atoms. The van der Waals surface area contributed by atoms with Crippen molar-refractivity contribution < 1.29 is 19.8 Å². The van der Waals surface area contributed by atoms with Crippen molar-refractivity contribution in [2.45, 2.75) is 25.2 Å². The fourth-order valence-corrected chi connectivity index (χ4v) is 3.11. The van der Waals surface area contributed by atoms with Crippen molar-refractivity contribution in [2.24, 2.45) is 0 Å². The Morgan fingerprint density at radius 1 is 0.645 bits per heavy atom. The van der Waals surface area contributed by atoms with E-state index in [0.717, 1.165) is 22.3 Å². The van der Waals surface area contributed by atoms with Gasteiger partial charge in [-0.15, -0.1) is 0 Å². The summed E-state index contributed by atoms with van der Waals surface area (Å²) in [6.45, 7) is 0.468. The van der Waals surface area contributed by atoms with Crippen molar-refractivity contribution in [2.75, 3.05) is 6.54 Å². The van der Waals surface area contributed by atoms with Crippen LogP contribution in [0.3, 0.4) is 0 Å². The first kappa shape index (κ1) is 22.2. The first-order chi connectivity index (χ1) is 15.0. The molecular formula is C25H26N2O4. The van der Waals surface area contributed by atoms with Gasteiger partial charge in [0, 0.05) is 13.1 Å². The summed E-state index contributed by atoms with van der Waals surface area (Å²) in [6.07, 6.45) is -3.10. The standard InChI is InChI=1S/C25H26N2O4/c28-22(24(30)26-16-15-18-7-3-1-4-8-18)23(29)25(31)27-17-19-11-13-21(14-12-19)20-9-5-2-6-10-20/h1-14,22-23,28-29H,15-17H2,(H,26,30)(H,27,31)/t22-,23-/m1/s1. The number of hydrogen-bond donors (Lipinski definition) is 4. The van der Waals surface area contributed by atoms with Crippen molar-refractivity contribution in [1.29, 1.82) is 0 Å². The van der Waals surface area contributed by atoms with Gasteiger partial charge in [0.15, 0.2) is 12.2 Å². The van der Waals surface area contributed by atoms with E-state index in [0.29, 0.717) is 13.0 Å². The van der Waals surface area contributed by atoms with Gasteiger partial charge in [0.2, 0.25) is 0 Å². The molecule has 0 aromatic heterocycles. The van der Waals surface area contributed by atoms with Gasteiger partial charge in [-0.3, -0.25) is 9.59 Å². The molecule has 31 heavy (non-hydrogen) atoms. The molecule has 3 aromatic carbocycles. The Balaban J connectivity index is 1.44. The van der Waals surface area contributed by atoms with Crippen LogP contribution in [0, 0.1) is 0 Å². The van der Waals surface area contributed by atoms with Crippen LogP contribution in [0.1, 0.15) is 11.1 Å². The Hall–Kier alpha value is -3.48. The Kier molecular flexibility index (Phi) is 7.92. The van der Waals surface area contributed by atoms with Gasteiger partial charge in [0.05, 0.1) is 0 Å². The number of hydrogen-bond acceptors (Lipinski definition) is 4. The maximum absolute atomic E-state index is 12.1. The highest BCUT2D eigenvalue weighted by Crippen LogP contribution is 2.19. The number of benzene rings is 3. The van der Waals surface area contributed by atoms with Crippen molar-refractivity contribution in [3.8, 4) is 11.1 Å². The zero-order valence-electron chi connectivity index (χ0n) is 17.1. The maximum Gasteiger partial charge on any atom is 0.252 e. The second-order valence-electron chi connectivity index (χ2n) is 7.20. The number of nitrogens with one attached hydrogen (secondary N) is 2. The second kappa shape index (κ2) is 11.1. The third-order valence-electron chi connectivity index (χ3n) is 4.92. The smallest absolute Gasteiger partial charge is 0.252 e. The number of amides is 2. The van der Waals surface area contributed by atoms with E-state index in [1.165, 1.54) is 0 Å². The van der Waals surface area contributed by atoms with Crippen LogP contribution < -0.4 is 10.6 Å². The minimum Gasteiger partial charge on any atom is -0.380 e. The van der Waals surface area contributed by atoms with E-state index in [1.54, 1.807) is 0 Å². The Bertz CT molecular complexity index is 975. The average Bonchev–Trinajstić information content (AvgIpc) is 2.83. The molecule has 0 aliphatic carbocycles. The number of carbonyl (C=O) groups is 2. The second-order valence-corrected chi connectivity index (χ2v) is 7.20. The summed E-state index contributed by atoms with van der Waals surface area (Å²) in [6, 6.07) is 27.1. The molecule has 6 heteroatoms. The molecule has 3 aromatic rings. The van der Waals surface area contributed by atoms with Crippen LogP contribution in [0.5, 0.6) is 0 Å². The zero-order chi connectivity index (χ0) is 22.1. The number of carbonyl (C=O) groups excluding carboxylic acids is 2. The van der Waals surface area contributed by atoms with Gasteiger partial charge in [-0.2, -0.15) is 0 Å². The zero-order valence-corrected chi connectivity index (χ0v) is 17.1. The normalized spacial score (nSPS) is 12.6. The van der Waals surface area contributed by atoms with Crippen molar-refractivity contribution in [3.63, 3.8) is 0 Å². The molecule has 0 bridgehead atoms. The molecule has 0 unspecified atom stereocenters. The molecule has 2 atom stereocenters. The fraction of sp³-hybridized carbons (Fsp3) is 0.200. The average molecular weight is 418 g/mol. The lowest BCUT2D eigenvalue weighted by Gasteiger charge is -2.17. The molecule has 6 nitrogen and oxygen atoms in total. The highest BCUT2D eigenvalue weighted by atomic mass is 16.3. The van der Waals surface area contributed by atoms with Gasteiger partial charge in [0.25, 0.3) is 11.8 Å². The third-order valence-corrected chi connectivity index (χ3v) is 4.92. The first-order valence-corrected chi connectivity index (χ1v) is 10.1. The highest BCUT2D eigenvalue weighted by Gasteiger charge is 2.29. The lowest BCUT2D eigenvalue weighted by Crippen LogP contribution is -2.49. The van der Waals surface area contributed by atoms with Gasteiger partial charge in [0.1, 0.15) is 0 Å². The van der Waals surface area contributed by atoms with Crippen LogP contribution in [-0.4, -0.2) is 40.8 Å². The van der Waals surface area contributed by atoms with Gasteiger partial charge in [-0.25, -0.2) is 0 Å². The molecule has 4 N–H and O–H groups in total. The molecule has 0 aliphatic heterocycles. The molecule has 0 aliphatic rings. The third kappa shape index (κ3) is 6.50. The Labute approximate surface area is 181 Å². The number of aliphatic hydroxyl groups excluding tert-OH is 2. The lowest BCUT2D eigenvalue weighted by molar-refractivity contribution is -0.146. The first-order valence-electron chi connectivity index (χ1n) is 10.1. The predicted molar refractivity (Wildman–Crippen MR) is 119 cm³/mol. The van der Waals surface area contributed by atoms with Gasteiger partial charge >= 0.3 is 0 Å². The van der Waals surface area contributed by atoms with E-state index in [4.69, 9.17) is 0 Å². The molecule has 0 saturated carbocycles. The summed E-state index contributed by atoms with van der Waals surface area (Å²) in [7, 11) is 0. The van der Waals surface area contributed by atoms with Crippen LogP contribution in [-0.2, 0) is 22.6 Å². The van der Waals surface area contributed by atoms with Crippen LogP contribution in [0.2, 0.25) is 0 Å². The summed E-state index contributed by atoms with van der Waals surface area (Å²) in [5, 5.41) is 25.1. The molecular weight excluding hydrogens is 392 g/mol. The molecule has 0 heterocycles. The molecule has 0 radical (unpaired) electrons. The lowest BCUT2D eigenvalue weighted by atomic mass is 10.0. The van der Waals surface area contributed by atoms with Crippen LogP contribution in [0.4, 0.5) is 0 Å². The summed E-state index contributed by atoms with van der Waals surface area (Å²) < 4.78 is 0. The molecule has 160 valence electrons. The largest absolute Gasteiger partial charge is 0.380 e. The van der Waals surface area contributed by atoms with E-state index in [1.807, 2.05) is 84.9 Å².